The molecule has 3 amide bonds. The molecule has 0 bridgehead atoms. The molecule has 2 saturated heterocycles. The first-order valence-corrected chi connectivity index (χ1v) is 11.0. The number of aryl methyl sites for hydroxylation is 1. The Balaban J connectivity index is 1.62. The number of likely N-dealkylation sites (tertiary alicyclic amines) is 1. The van der Waals surface area contributed by atoms with Crippen LogP contribution in [0.5, 0.6) is 0 Å². The van der Waals surface area contributed by atoms with Gasteiger partial charge in [0.05, 0.1) is 12.2 Å². The number of quaternary nitrogens is 1. The summed E-state index contributed by atoms with van der Waals surface area (Å²) < 4.78 is 13.3. The zero-order valence-corrected chi connectivity index (χ0v) is 18.6. The van der Waals surface area contributed by atoms with Crippen molar-refractivity contribution in [1.82, 2.24) is 4.90 Å². The summed E-state index contributed by atoms with van der Waals surface area (Å²) in [5, 5.41) is 4.99. The van der Waals surface area contributed by atoms with Crippen LogP contribution in [0.4, 0.5) is 10.1 Å². The molecule has 0 unspecified atom stereocenters. The van der Waals surface area contributed by atoms with Crippen LogP contribution >= 0.6 is 0 Å². The van der Waals surface area contributed by atoms with Crippen molar-refractivity contribution >= 4 is 23.4 Å². The molecule has 3 aliphatic rings. The number of nitrogens with zero attached hydrogens (tertiary/aromatic N) is 1. The van der Waals surface area contributed by atoms with Crippen LogP contribution in [0.25, 0.3) is 0 Å². The number of fused-ring (bicyclic) bond motifs is 4. The lowest BCUT2D eigenvalue weighted by Gasteiger charge is -2.27. The van der Waals surface area contributed by atoms with Crippen molar-refractivity contribution in [2.24, 2.45) is 17.8 Å². The van der Waals surface area contributed by atoms with Crippen molar-refractivity contribution in [3.05, 3.63) is 64.5 Å². The van der Waals surface area contributed by atoms with Gasteiger partial charge in [0.2, 0.25) is 17.4 Å². The predicted molar refractivity (Wildman–Crippen MR) is 116 cm³/mol. The fraction of sp³-hybridized carbons (Fsp3) is 0.400. The Morgan fingerprint density at radius 1 is 1.06 bits per heavy atom. The highest BCUT2D eigenvalue weighted by Crippen LogP contribution is 2.51. The van der Waals surface area contributed by atoms with Gasteiger partial charge < -0.3 is 10.6 Å². The number of nitrogens with one attached hydrogen (secondary N) is 1. The molecule has 32 heavy (non-hydrogen) atoms. The Labute approximate surface area is 186 Å². The second kappa shape index (κ2) is 6.97. The van der Waals surface area contributed by atoms with Gasteiger partial charge in [-0.2, -0.15) is 0 Å². The lowest BCUT2D eigenvalue weighted by Crippen LogP contribution is -2.99. The minimum Gasteiger partial charge on any atom is -0.326 e. The molecule has 5 rings (SSSR count). The lowest BCUT2D eigenvalue weighted by molar-refractivity contribution is -0.738. The summed E-state index contributed by atoms with van der Waals surface area (Å²) in [5.74, 6) is -2.45. The van der Waals surface area contributed by atoms with E-state index in [9.17, 15) is 18.8 Å². The molecular formula is C25H27FN3O3+. The molecule has 3 aliphatic heterocycles. The van der Waals surface area contributed by atoms with Crippen molar-refractivity contribution in [3.8, 4) is 0 Å². The van der Waals surface area contributed by atoms with Crippen LogP contribution < -0.4 is 10.6 Å². The summed E-state index contributed by atoms with van der Waals surface area (Å²) in [4.78, 5) is 42.1. The van der Waals surface area contributed by atoms with Gasteiger partial charge in [0.15, 0.2) is 0 Å². The molecule has 0 aromatic heterocycles. The lowest BCUT2D eigenvalue weighted by atomic mass is 9.75. The molecule has 0 aliphatic carbocycles. The Morgan fingerprint density at radius 2 is 1.75 bits per heavy atom. The summed E-state index contributed by atoms with van der Waals surface area (Å²) in [6.07, 6.45) is 0. The van der Waals surface area contributed by atoms with E-state index in [1.165, 1.54) is 17.0 Å². The van der Waals surface area contributed by atoms with E-state index in [2.05, 4.69) is 5.32 Å². The number of benzene rings is 2. The zero-order valence-electron chi connectivity index (χ0n) is 18.6. The normalized spacial score (nSPS) is 28.6. The van der Waals surface area contributed by atoms with Crippen LogP contribution in [-0.4, -0.2) is 28.7 Å². The number of hydrogen-bond acceptors (Lipinski definition) is 3. The number of carbonyl (C=O) groups is 3. The van der Waals surface area contributed by atoms with Crippen molar-refractivity contribution in [2.45, 2.75) is 45.8 Å². The average Bonchev–Trinajstić information content (AvgIpc) is 3.34. The van der Waals surface area contributed by atoms with Gasteiger partial charge in [-0.3, -0.25) is 19.3 Å². The van der Waals surface area contributed by atoms with Gasteiger partial charge in [-0.05, 0) is 48.7 Å². The van der Waals surface area contributed by atoms with Crippen molar-refractivity contribution in [2.75, 3.05) is 5.32 Å². The number of anilines is 1. The van der Waals surface area contributed by atoms with Crippen molar-refractivity contribution in [3.63, 3.8) is 0 Å². The topological polar surface area (TPSA) is 83.1 Å². The molecule has 3 N–H and O–H groups in total. The molecule has 2 aromatic rings. The van der Waals surface area contributed by atoms with Crippen LogP contribution in [0.1, 0.15) is 36.1 Å². The number of rotatable bonds is 3. The smallest absolute Gasteiger partial charge is 0.291 e. The molecule has 4 atom stereocenters. The summed E-state index contributed by atoms with van der Waals surface area (Å²) in [6.45, 7) is 8.06. The number of hydrogen-bond donors (Lipinski definition) is 2. The van der Waals surface area contributed by atoms with E-state index >= 15 is 0 Å². The Kier molecular flexibility index (Phi) is 4.53. The third kappa shape index (κ3) is 2.64. The van der Waals surface area contributed by atoms with Gasteiger partial charge in [0, 0.05) is 11.5 Å². The second-order valence-electron chi connectivity index (χ2n) is 9.63. The maximum Gasteiger partial charge on any atom is 0.291 e. The first-order chi connectivity index (χ1) is 15.2. The summed E-state index contributed by atoms with van der Waals surface area (Å²) >= 11 is 0. The van der Waals surface area contributed by atoms with Crippen LogP contribution in [-0.2, 0) is 26.5 Å². The highest BCUT2D eigenvalue weighted by molar-refractivity contribution is 6.14. The standard InChI is InChI=1S/C25H26FN3O3/c1-12(2)20-18-19(23(31)29(22(18)30)11-15-6-8-16(26)9-7-15)25(28-20)17-10-5-13(3)14(4)21(17)27-24(25)32/h5-10,12,18-20,28H,11H2,1-4H3,(H,27,32)/p+1/t18-,19-,20-,25+/m0/s1. The van der Waals surface area contributed by atoms with Crippen LogP contribution in [0.3, 0.4) is 0 Å². The van der Waals surface area contributed by atoms with Crippen molar-refractivity contribution in [1.29, 1.82) is 0 Å². The number of nitrogens with two attached hydrogens (primary N) is 1. The van der Waals surface area contributed by atoms with Crippen molar-refractivity contribution < 1.29 is 24.1 Å². The van der Waals surface area contributed by atoms with E-state index in [-0.39, 0.29) is 42.0 Å². The largest absolute Gasteiger partial charge is 0.326 e. The highest BCUT2D eigenvalue weighted by atomic mass is 19.1. The highest BCUT2D eigenvalue weighted by Gasteiger charge is 2.74. The molecule has 6 nitrogen and oxygen atoms in total. The maximum absolute atomic E-state index is 13.7. The molecule has 0 saturated carbocycles. The maximum atomic E-state index is 13.7. The van der Waals surface area contributed by atoms with E-state index in [1.54, 1.807) is 12.1 Å². The Morgan fingerprint density at radius 3 is 2.41 bits per heavy atom. The van der Waals surface area contributed by atoms with Gasteiger partial charge in [-0.1, -0.05) is 32.0 Å². The summed E-state index contributed by atoms with van der Waals surface area (Å²) in [5.41, 5.74) is 3.10. The third-order valence-electron chi connectivity index (χ3n) is 7.62. The monoisotopic (exact) mass is 436 g/mol. The molecule has 3 heterocycles. The molecule has 0 radical (unpaired) electrons. The van der Waals surface area contributed by atoms with Crippen LogP contribution in [0.15, 0.2) is 36.4 Å². The Bertz CT molecular complexity index is 1160. The first-order valence-electron chi connectivity index (χ1n) is 11.0. The number of amides is 3. The molecular weight excluding hydrogens is 409 g/mol. The third-order valence-corrected chi connectivity index (χ3v) is 7.62. The second-order valence-corrected chi connectivity index (χ2v) is 9.63. The van der Waals surface area contributed by atoms with Gasteiger partial charge >= 0.3 is 0 Å². The van der Waals surface area contributed by atoms with Gasteiger partial charge in [-0.25, -0.2) is 4.39 Å². The molecule has 2 aromatic carbocycles. The van der Waals surface area contributed by atoms with Gasteiger partial charge in [-0.15, -0.1) is 0 Å². The van der Waals surface area contributed by atoms with Crippen LogP contribution in [0.2, 0.25) is 0 Å². The molecule has 166 valence electrons. The van der Waals surface area contributed by atoms with Gasteiger partial charge in [0.1, 0.15) is 23.7 Å². The molecule has 2 fully saturated rings. The fourth-order valence-corrected chi connectivity index (χ4v) is 5.80. The van der Waals surface area contributed by atoms with E-state index in [4.69, 9.17) is 0 Å². The average molecular weight is 437 g/mol. The van der Waals surface area contributed by atoms with E-state index < -0.39 is 17.4 Å². The summed E-state index contributed by atoms with van der Waals surface area (Å²) in [6, 6.07) is 9.49. The number of carbonyl (C=O) groups excluding carboxylic acids is 3. The minimum absolute atomic E-state index is 0.0766. The van der Waals surface area contributed by atoms with E-state index in [1.807, 2.05) is 45.1 Å². The zero-order chi connectivity index (χ0) is 22.9. The minimum atomic E-state index is -1.16. The molecule has 1 spiro atoms. The van der Waals surface area contributed by atoms with Gasteiger partial charge in [0.25, 0.3) is 5.91 Å². The Hall–Kier alpha value is -3.06. The fourth-order valence-electron chi connectivity index (χ4n) is 5.80. The number of imide groups is 1. The van der Waals surface area contributed by atoms with E-state index in [0.717, 1.165) is 22.4 Å². The quantitative estimate of drug-likeness (QED) is 0.722. The molecule has 7 heteroatoms. The first kappa shape index (κ1) is 20.8. The van der Waals surface area contributed by atoms with E-state index in [0.29, 0.717) is 5.56 Å². The SMILES string of the molecule is Cc1ccc2c(c1C)NC(=O)[C@@]21[NH2+][C@@H](C(C)C)[C@H]2C(=O)N(Cc3ccc(F)cc3)C(=O)[C@H]21. The predicted octanol–water partition coefficient (Wildman–Crippen LogP) is 1.99. The summed E-state index contributed by atoms with van der Waals surface area (Å²) in [7, 11) is 0. The van der Waals surface area contributed by atoms with Crippen LogP contribution in [0, 0.1) is 37.4 Å². The number of halogens is 1.